The summed E-state index contributed by atoms with van der Waals surface area (Å²) in [5.74, 6) is 0.488. The quantitative estimate of drug-likeness (QED) is 0.572. The predicted molar refractivity (Wildman–Crippen MR) is 80.3 cm³/mol. The van der Waals surface area contributed by atoms with Gasteiger partial charge in [-0.3, -0.25) is 0 Å². The monoisotopic (exact) mass is 303 g/mol. The van der Waals surface area contributed by atoms with Crippen molar-refractivity contribution < 1.29 is 9.84 Å². The summed E-state index contributed by atoms with van der Waals surface area (Å²) < 4.78 is 5.44. The van der Waals surface area contributed by atoms with Gasteiger partial charge in [-0.15, -0.1) is 0 Å². The van der Waals surface area contributed by atoms with Crippen LogP contribution in [-0.2, 0) is 0 Å². The fraction of sp³-hybridized carbons (Fsp3) is 0.429. The van der Waals surface area contributed by atoms with Crippen molar-refractivity contribution in [3.63, 3.8) is 0 Å². The Hall–Kier alpha value is -0.740. The van der Waals surface area contributed by atoms with Crippen molar-refractivity contribution in [1.82, 2.24) is 5.32 Å². The molecule has 0 aromatic heterocycles. The summed E-state index contributed by atoms with van der Waals surface area (Å²) in [5.41, 5.74) is 0. The van der Waals surface area contributed by atoms with Crippen LogP contribution >= 0.6 is 23.2 Å². The van der Waals surface area contributed by atoms with E-state index in [0.717, 1.165) is 13.0 Å². The van der Waals surface area contributed by atoms with Gasteiger partial charge in [0.25, 0.3) is 0 Å². The van der Waals surface area contributed by atoms with Gasteiger partial charge in [0.15, 0.2) is 0 Å². The summed E-state index contributed by atoms with van der Waals surface area (Å²) in [6, 6.07) is 4.99. The summed E-state index contributed by atoms with van der Waals surface area (Å²) in [4.78, 5) is 0. The number of hydrogen-bond acceptors (Lipinski definition) is 3. The largest absolute Gasteiger partial charge is 0.489 e. The van der Waals surface area contributed by atoms with Gasteiger partial charge in [0.05, 0.1) is 5.02 Å². The first kappa shape index (κ1) is 16.3. The Kier molecular flexibility index (Phi) is 7.91. The third kappa shape index (κ3) is 6.83. The molecule has 0 amide bonds. The molecular weight excluding hydrogens is 285 g/mol. The number of benzene rings is 1. The predicted octanol–water partition coefficient (Wildman–Crippen LogP) is 3.29. The molecule has 2 N–H and O–H groups in total. The zero-order chi connectivity index (χ0) is 14.1. The van der Waals surface area contributed by atoms with Crippen LogP contribution in [-0.4, -0.2) is 30.9 Å². The molecule has 0 radical (unpaired) electrons. The highest BCUT2D eigenvalue weighted by Gasteiger charge is 2.07. The van der Waals surface area contributed by atoms with Crippen molar-refractivity contribution in [2.45, 2.75) is 19.4 Å². The summed E-state index contributed by atoms with van der Waals surface area (Å²) >= 11 is 11.8. The zero-order valence-corrected chi connectivity index (χ0v) is 12.4. The highest BCUT2D eigenvalue weighted by molar-refractivity contribution is 6.34. The molecule has 0 spiro atoms. The lowest BCUT2D eigenvalue weighted by atomic mass is 10.3. The SMILES string of the molecule is C/C=C/CCNCC(O)COc1cc(Cl)ccc1Cl. The normalized spacial score (nSPS) is 12.8. The van der Waals surface area contributed by atoms with Crippen molar-refractivity contribution in [1.29, 1.82) is 0 Å². The minimum absolute atomic E-state index is 0.177. The van der Waals surface area contributed by atoms with Gasteiger partial charge in [0, 0.05) is 17.6 Å². The molecule has 0 aliphatic rings. The number of nitrogens with one attached hydrogen (secondary N) is 1. The van der Waals surface area contributed by atoms with E-state index < -0.39 is 6.10 Å². The molecule has 0 aliphatic heterocycles. The van der Waals surface area contributed by atoms with E-state index >= 15 is 0 Å². The summed E-state index contributed by atoms with van der Waals surface area (Å²) in [5, 5.41) is 13.9. The maximum absolute atomic E-state index is 9.75. The molecule has 0 aliphatic carbocycles. The molecule has 0 bridgehead atoms. The van der Waals surface area contributed by atoms with Crippen LogP contribution in [0.15, 0.2) is 30.4 Å². The Morgan fingerprint density at radius 2 is 2.21 bits per heavy atom. The molecule has 3 nitrogen and oxygen atoms in total. The lowest BCUT2D eigenvalue weighted by Gasteiger charge is -2.14. The summed E-state index contributed by atoms with van der Waals surface area (Å²) in [6.45, 7) is 3.48. The van der Waals surface area contributed by atoms with Crippen LogP contribution in [0, 0.1) is 0 Å². The van der Waals surface area contributed by atoms with E-state index in [1.165, 1.54) is 0 Å². The average molecular weight is 304 g/mol. The topological polar surface area (TPSA) is 41.5 Å². The van der Waals surface area contributed by atoms with Crippen molar-refractivity contribution in [3.8, 4) is 5.75 Å². The van der Waals surface area contributed by atoms with Gasteiger partial charge in [0.1, 0.15) is 18.5 Å². The summed E-state index contributed by atoms with van der Waals surface area (Å²) in [7, 11) is 0. The van der Waals surface area contributed by atoms with Gasteiger partial charge in [-0.25, -0.2) is 0 Å². The number of hydrogen-bond donors (Lipinski definition) is 2. The fourth-order valence-electron chi connectivity index (χ4n) is 1.45. The van der Waals surface area contributed by atoms with E-state index in [1.807, 2.05) is 13.0 Å². The number of rotatable bonds is 8. The first-order valence-electron chi connectivity index (χ1n) is 6.21. The smallest absolute Gasteiger partial charge is 0.139 e. The second-order valence-electron chi connectivity index (χ2n) is 4.10. The molecule has 1 atom stereocenters. The van der Waals surface area contributed by atoms with Crippen LogP contribution in [0.5, 0.6) is 5.75 Å². The first-order chi connectivity index (χ1) is 9.13. The lowest BCUT2D eigenvalue weighted by Crippen LogP contribution is -2.31. The maximum Gasteiger partial charge on any atom is 0.139 e. The third-order valence-electron chi connectivity index (χ3n) is 2.43. The van der Waals surface area contributed by atoms with Gasteiger partial charge < -0.3 is 15.2 Å². The number of halogens is 2. The van der Waals surface area contributed by atoms with Crippen LogP contribution in [0.25, 0.3) is 0 Å². The van der Waals surface area contributed by atoms with Crippen LogP contribution in [0.3, 0.4) is 0 Å². The van der Waals surface area contributed by atoms with Gasteiger partial charge >= 0.3 is 0 Å². The van der Waals surface area contributed by atoms with E-state index in [1.54, 1.807) is 18.2 Å². The second kappa shape index (κ2) is 9.21. The summed E-state index contributed by atoms with van der Waals surface area (Å²) in [6.07, 6.45) is 4.44. The van der Waals surface area contributed by atoms with Gasteiger partial charge in [0.2, 0.25) is 0 Å². The molecule has 1 unspecified atom stereocenters. The Balaban J connectivity index is 2.25. The molecular formula is C14H19Cl2NO2. The van der Waals surface area contributed by atoms with Crippen molar-refractivity contribution in [3.05, 3.63) is 40.4 Å². The molecule has 19 heavy (non-hydrogen) atoms. The van der Waals surface area contributed by atoms with E-state index in [-0.39, 0.29) is 6.61 Å². The third-order valence-corrected chi connectivity index (χ3v) is 2.98. The average Bonchev–Trinajstić information content (AvgIpc) is 2.39. The zero-order valence-electron chi connectivity index (χ0n) is 10.9. The number of aliphatic hydroxyl groups excluding tert-OH is 1. The molecule has 0 fully saturated rings. The Bertz CT molecular complexity index is 410. The molecule has 5 heteroatoms. The fourth-order valence-corrected chi connectivity index (χ4v) is 1.79. The number of aliphatic hydroxyl groups is 1. The minimum atomic E-state index is -0.583. The van der Waals surface area contributed by atoms with Gasteiger partial charge in [-0.05, 0) is 32.0 Å². The Labute approximate surface area is 124 Å². The molecule has 1 rings (SSSR count). The number of allylic oxidation sites excluding steroid dienone is 1. The van der Waals surface area contributed by atoms with Crippen molar-refractivity contribution in [2.24, 2.45) is 0 Å². The lowest BCUT2D eigenvalue weighted by molar-refractivity contribution is 0.107. The highest BCUT2D eigenvalue weighted by Crippen LogP contribution is 2.27. The Morgan fingerprint density at radius 1 is 1.42 bits per heavy atom. The van der Waals surface area contributed by atoms with Gasteiger partial charge in [-0.2, -0.15) is 0 Å². The molecule has 0 heterocycles. The molecule has 0 saturated heterocycles. The van der Waals surface area contributed by atoms with Crippen LogP contribution in [0.2, 0.25) is 10.0 Å². The highest BCUT2D eigenvalue weighted by atomic mass is 35.5. The Morgan fingerprint density at radius 3 is 2.95 bits per heavy atom. The van der Waals surface area contributed by atoms with E-state index in [9.17, 15) is 5.11 Å². The standard InChI is InChI=1S/C14H19Cl2NO2/c1-2-3-4-7-17-9-12(18)10-19-14-8-11(15)5-6-13(14)16/h2-3,5-6,8,12,17-18H,4,7,9-10H2,1H3/b3-2+. The maximum atomic E-state index is 9.75. The number of ether oxygens (including phenoxy) is 1. The first-order valence-corrected chi connectivity index (χ1v) is 6.97. The van der Waals surface area contributed by atoms with E-state index in [2.05, 4.69) is 11.4 Å². The van der Waals surface area contributed by atoms with E-state index in [4.69, 9.17) is 27.9 Å². The van der Waals surface area contributed by atoms with Crippen LogP contribution in [0.1, 0.15) is 13.3 Å². The van der Waals surface area contributed by atoms with Crippen LogP contribution in [0.4, 0.5) is 0 Å². The minimum Gasteiger partial charge on any atom is -0.489 e. The van der Waals surface area contributed by atoms with E-state index in [0.29, 0.717) is 22.3 Å². The van der Waals surface area contributed by atoms with Crippen molar-refractivity contribution >= 4 is 23.2 Å². The molecule has 1 aromatic rings. The molecule has 106 valence electrons. The second-order valence-corrected chi connectivity index (χ2v) is 4.95. The molecule has 0 saturated carbocycles. The van der Waals surface area contributed by atoms with Crippen LogP contribution < -0.4 is 10.1 Å². The molecule has 1 aromatic carbocycles. The van der Waals surface area contributed by atoms with Crippen molar-refractivity contribution in [2.75, 3.05) is 19.7 Å². The van der Waals surface area contributed by atoms with Gasteiger partial charge in [-0.1, -0.05) is 35.4 Å².